The molecule has 1 aliphatic rings. The summed E-state index contributed by atoms with van der Waals surface area (Å²) in [5, 5.41) is 9.07. The van der Waals surface area contributed by atoms with Crippen molar-refractivity contribution in [3.05, 3.63) is 53.4 Å². The van der Waals surface area contributed by atoms with Crippen molar-refractivity contribution in [2.24, 2.45) is 10.2 Å². The van der Waals surface area contributed by atoms with Crippen LogP contribution in [0.15, 0.2) is 57.3 Å². The highest BCUT2D eigenvalue weighted by Crippen LogP contribution is 2.32. The van der Waals surface area contributed by atoms with Crippen LogP contribution in [0.3, 0.4) is 0 Å². The largest absolute Gasteiger partial charge is 0.463 e. The average molecular weight is 334 g/mol. The number of thioether (sulfide) groups is 1. The maximum absolute atomic E-state index is 12.3. The van der Waals surface area contributed by atoms with E-state index in [4.69, 9.17) is 16.0 Å². The van der Waals surface area contributed by atoms with Crippen molar-refractivity contribution in [2.75, 3.05) is 4.90 Å². The molecular weight excluding hydrogens is 322 g/mol. The number of halogens is 1. The van der Waals surface area contributed by atoms with Gasteiger partial charge in [-0.05, 0) is 43.3 Å². The number of amidine groups is 1. The Morgan fingerprint density at radius 1 is 1.32 bits per heavy atom. The zero-order valence-electron chi connectivity index (χ0n) is 11.6. The number of nitrogens with zero attached hydrogens (tertiary/aromatic N) is 3. The first-order chi connectivity index (χ1) is 10.6. The first kappa shape index (κ1) is 14.9. The summed E-state index contributed by atoms with van der Waals surface area (Å²) in [7, 11) is 0. The fraction of sp³-hybridized carbons (Fsp3) is 0.133. The third kappa shape index (κ3) is 3.08. The van der Waals surface area contributed by atoms with E-state index in [1.807, 2.05) is 6.92 Å². The predicted molar refractivity (Wildman–Crippen MR) is 89.7 cm³/mol. The highest BCUT2D eigenvalue weighted by Gasteiger charge is 2.36. The molecule has 1 fully saturated rings. The summed E-state index contributed by atoms with van der Waals surface area (Å²) in [4.78, 5) is 13.9. The molecule has 1 atom stereocenters. The van der Waals surface area contributed by atoms with Crippen LogP contribution >= 0.6 is 23.4 Å². The average Bonchev–Trinajstić information content (AvgIpc) is 3.10. The first-order valence-electron chi connectivity index (χ1n) is 6.56. The normalized spacial score (nSPS) is 20.5. The molecule has 0 unspecified atom stereocenters. The molecule has 0 spiro atoms. The van der Waals surface area contributed by atoms with Crippen LogP contribution in [-0.2, 0) is 4.79 Å². The molecule has 1 aliphatic heterocycles. The molecule has 7 heteroatoms. The van der Waals surface area contributed by atoms with Crippen molar-refractivity contribution >= 4 is 46.3 Å². The summed E-state index contributed by atoms with van der Waals surface area (Å²) in [5.74, 6) is 0.573. The fourth-order valence-electron chi connectivity index (χ4n) is 1.93. The second-order valence-electron chi connectivity index (χ2n) is 4.55. The molecule has 0 radical (unpaired) electrons. The standard InChI is InChI=1S/C15H12ClN3O2S/c1-10-14(20)19(12-6-4-11(16)5-7-12)15(22-10)18-17-9-13-3-2-8-21-13/h2-10H,1H3/b17-9+,18-15-/t10-/m1/s1. The monoisotopic (exact) mass is 333 g/mol. The van der Waals surface area contributed by atoms with Crippen molar-refractivity contribution in [3.63, 3.8) is 0 Å². The summed E-state index contributed by atoms with van der Waals surface area (Å²) in [5.41, 5.74) is 0.721. The molecule has 0 saturated carbocycles. The number of carbonyl (C=O) groups excluding carboxylic acids is 1. The van der Waals surface area contributed by atoms with Crippen molar-refractivity contribution in [3.8, 4) is 0 Å². The van der Waals surface area contributed by atoms with E-state index < -0.39 is 0 Å². The minimum atomic E-state index is -0.201. The molecule has 22 heavy (non-hydrogen) atoms. The lowest BCUT2D eigenvalue weighted by Crippen LogP contribution is -2.31. The number of hydrogen-bond donors (Lipinski definition) is 0. The minimum absolute atomic E-state index is 0.0285. The maximum atomic E-state index is 12.3. The Hall–Kier alpha value is -2.05. The summed E-state index contributed by atoms with van der Waals surface area (Å²) in [6.45, 7) is 1.84. The van der Waals surface area contributed by atoms with E-state index in [1.54, 1.807) is 47.6 Å². The Bertz CT molecular complexity index is 726. The van der Waals surface area contributed by atoms with E-state index in [-0.39, 0.29) is 11.2 Å². The van der Waals surface area contributed by atoms with Crippen molar-refractivity contribution in [1.29, 1.82) is 0 Å². The molecule has 112 valence electrons. The molecule has 1 aromatic carbocycles. The molecule has 0 aliphatic carbocycles. The summed E-state index contributed by atoms with van der Waals surface area (Å²) < 4.78 is 5.14. The summed E-state index contributed by atoms with van der Waals surface area (Å²) in [6, 6.07) is 10.6. The molecule has 5 nitrogen and oxygen atoms in total. The first-order valence-corrected chi connectivity index (χ1v) is 7.81. The van der Waals surface area contributed by atoms with Crippen molar-refractivity contribution in [1.82, 2.24) is 0 Å². The van der Waals surface area contributed by atoms with Crippen molar-refractivity contribution in [2.45, 2.75) is 12.2 Å². The molecule has 3 rings (SSSR count). The smallest absolute Gasteiger partial charge is 0.246 e. The van der Waals surface area contributed by atoms with E-state index in [0.29, 0.717) is 16.0 Å². The number of benzene rings is 1. The number of amides is 1. The van der Waals surface area contributed by atoms with Crippen LogP contribution in [0.1, 0.15) is 12.7 Å². The lowest BCUT2D eigenvalue weighted by molar-refractivity contribution is -0.116. The van der Waals surface area contributed by atoms with Crippen LogP contribution in [0, 0.1) is 0 Å². The van der Waals surface area contributed by atoms with Crippen LogP contribution in [0.25, 0.3) is 0 Å². The van der Waals surface area contributed by atoms with Gasteiger partial charge in [-0.2, -0.15) is 5.10 Å². The Morgan fingerprint density at radius 3 is 2.77 bits per heavy atom. The van der Waals surface area contributed by atoms with E-state index in [2.05, 4.69) is 10.2 Å². The number of anilines is 1. The third-order valence-electron chi connectivity index (χ3n) is 3.00. The second kappa shape index (κ2) is 6.37. The van der Waals surface area contributed by atoms with Gasteiger partial charge < -0.3 is 4.42 Å². The van der Waals surface area contributed by atoms with Crippen LogP contribution < -0.4 is 4.90 Å². The Labute approximate surface area is 136 Å². The zero-order chi connectivity index (χ0) is 15.5. The highest BCUT2D eigenvalue weighted by atomic mass is 35.5. The van der Waals surface area contributed by atoms with Crippen LogP contribution in [0.2, 0.25) is 5.02 Å². The van der Waals surface area contributed by atoms with Gasteiger partial charge in [0.05, 0.1) is 23.4 Å². The molecule has 0 N–H and O–H groups in total. The number of rotatable bonds is 3. The number of furan rings is 1. The molecule has 2 aromatic rings. The zero-order valence-corrected chi connectivity index (χ0v) is 13.2. The van der Waals surface area contributed by atoms with E-state index >= 15 is 0 Å². The van der Waals surface area contributed by atoms with Gasteiger partial charge in [-0.25, -0.2) is 0 Å². The van der Waals surface area contributed by atoms with Gasteiger partial charge in [0.1, 0.15) is 5.76 Å². The van der Waals surface area contributed by atoms with E-state index in [1.165, 1.54) is 18.0 Å². The maximum Gasteiger partial charge on any atom is 0.246 e. The highest BCUT2D eigenvalue weighted by molar-refractivity contribution is 8.16. The Balaban J connectivity index is 1.88. The predicted octanol–water partition coefficient (Wildman–Crippen LogP) is 3.79. The van der Waals surface area contributed by atoms with Crippen LogP contribution in [0.5, 0.6) is 0 Å². The number of carbonyl (C=O) groups is 1. The number of hydrogen-bond acceptors (Lipinski definition) is 5. The van der Waals surface area contributed by atoms with Gasteiger partial charge in [0.25, 0.3) is 0 Å². The molecule has 0 bridgehead atoms. The molecule has 1 saturated heterocycles. The van der Waals surface area contributed by atoms with Gasteiger partial charge in [0, 0.05) is 5.02 Å². The van der Waals surface area contributed by atoms with Gasteiger partial charge in [-0.15, -0.1) is 5.10 Å². The van der Waals surface area contributed by atoms with Gasteiger partial charge in [-0.1, -0.05) is 23.4 Å². The van der Waals surface area contributed by atoms with Gasteiger partial charge in [0.15, 0.2) is 5.17 Å². The van der Waals surface area contributed by atoms with E-state index in [9.17, 15) is 4.79 Å². The lowest BCUT2D eigenvalue weighted by Gasteiger charge is -2.15. The third-order valence-corrected chi connectivity index (χ3v) is 4.28. The molecule has 2 heterocycles. The second-order valence-corrected chi connectivity index (χ2v) is 6.30. The molecular formula is C15H12ClN3O2S. The molecule has 1 amide bonds. The quantitative estimate of drug-likeness (QED) is 0.634. The summed E-state index contributed by atoms with van der Waals surface area (Å²) >= 11 is 7.25. The fourth-order valence-corrected chi connectivity index (χ4v) is 2.98. The Kier molecular flexibility index (Phi) is 4.31. The van der Waals surface area contributed by atoms with Crippen LogP contribution in [0.4, 0.5) is 5.69 Å². The van der Waals surface area contributed by atoms with Crippen LogP contribution in [-0.4, -0.2) is 22.5 Å². The topological polar surface area (TPSA) is 58.2 Å². The molecule has 1 aromatic heterocycles. The van der Waals surface area contributed by atoms with Gasteiger partial charge in [-0.3, -0.25) is 9.69 Å². The Morgan fingerprint density at radius 2 is 2.09 bits per heavy atom. The lowest BCUT2D eigenvalue weighted by atomic mass is 10.3. The van der Waals surface area contributed by atoms with Gasteiger partial charge >= 0.3 is 0 Å². The SMILES string of the molecule is C[C@H]1S/C(=N\N=C\c2ccco2)N(c2ccc(Cl)cc2)C1=O. The minimum Gasteiger partial charge on any atom is -0.463 e. The van der Waals surface area contributed by atoms with Gasteiger partial charge in [0.2, 0.25) is 5.91 Å². The summed E-state index contributed by atoms with van der Waals surface area (Å²) in [6.07, 6.45) is 3.06. The van der Waals surface area contributed by atoms with Crippen molar-refractivity contribution < 1.29 is 9.21 Å². The van der Waals surface area contributed by atoms with E-state index in [0.717, 1.165) is 5.69 Å².